The summed E-state index contributed by atoms with van der Waals surface area (Å²) in [5, 5.41) is 0.361. The Morgan fingerprint density at radius 3 is 2.45 bits per heavy atom. The number of pyridine rings is 1. The third-order valence-corrected chi connectivity index (χ3v) is 4.70. The molecule has 1 heterocycles. The van der Waals surface area contributed by atoms with Crippen molar-refractivity contribution in [2.24, 2.45) is 0 Å². The summed E-state index contributed by atoms with van der Waals surface area (Å²) >= 11 is 5.81. The highest BCUT2D eigenvalue weighted by Crippen LogP contribution is 2.20. The van der Waals surface area contributed by atoms with Gasteiger partial charge in [0.1, 0.15) is 5.15 Å². The SMILES string of the molecule is CCc1ccc(S(=O)(=O)Nc2cnc(Cl)c(C)c2)cc1. The number of halogens is 1. The molecule has 0 aliphatic carbocycles. The van der Waals surface area contributed by atoms with Gasteiger partial charge in [-0.1, -0.05) is 30.7 Å². The molecule has 0 aliphatic rings. The van der Waals surface area contributed by atoms with E-state index in [1.165, 1.54) is 6.20 Å². The Hall–Kier alpha value is -1.59. The van der Waals surface area contributed by atoms with Crippen molar-refractivity contribution in [3.05, 3.63) is 52.8 Å². The maximum Gasteiger partial charge on any atom is 0.261 e. The average molecular weight is 311 g/mol. The quantitative estimate of drug-likeness (QED) is 0.880. The normalized spacial score (nSPS) is 11.3. The highest BCUT2D eigenvalue weighted by molar-refractivity contribution is 7.92. The summed E-state index contributed by atoms with van der Waals surface area (Å²) in [4.78, 5) is 4.15. The fourth-order valence-corrected chi connectivity index (χ4v) is 2.87. The molecule has 0 fully saturated rings. The van der Waals surface area contributed by atoms with E-state index in [-0.39, 0.29) is 4.90 Å². The van der Waals surface area contributed by atoms with Crippen LogP contribution in [-0.2, 0) is 16.4 Å². The van der Waals surface area contributed by atoms with E-state index in [0.29, 0.717) is 16.4 Å². The Bertz CT molecular complexity index is 712. The van der Waals surface area contributed by atoms with Crippen molar-refractivity contribution in [1.82, 2.24) is 4.98 Å². The summed E-state index contributed by atoms with van der Waals surface area (Å²) in [6.07, 6.45) is 2.27. The molecule has 0 radical (unpaired) electrons. The number of rotatable bonds is 4. The van der Waals surface area contributed by atoms with Gasteiger partial charge in [0.05, 0.1) is 16.8 Å². The first kappa shape index (κ1) is 14.8. The largest absolute Gasteiger partial charge is 0.278 e. The van der Waals surface area contributed by atoms with E-state index in [2.05, 4.69) is 9.71 Å². The molecule has 6 heteroatoms. The van der Waals surface area contributed by atoms with Crippen LogP contribution in [0.2, 0.25) is 5.15 Å². The van der Waals surface area contributed by atoms with E-state index in [1.54, 1.807) is 37.3 Å². The number of aromatic nitrogens is 1. The average Bonchev–Trinajstić information content (AvgIpc) is 2.43. The van der Waals surface area contributed by atoms with Crippen LogP contribution in [0.15, 0.2) is 41.4 Å². The summed E-state index contributed by atoms with van der Waals surface area (Å²) in [5.74, 6) is 0. The van der Waals surface area contributed by atoms with Crippen LogP contribution in [0, 0.1) is 6.92 Å². The lowest BCUT2D eigenvalue weighted by atomic mass is 10.2. The molecule has 0 saturated carbocycles. The number of hydrogen-bond donors (Lipinski definition) is 1. The van der Waals surface area contributed by atoms with Crippen molar-refractivity contribution in [3.63, 3.8) is 0 Å². The first-order valence-electron chi connectivity index (χ1n) is 6.16. The molecule has 2 rings (SSSR count). The van der Waals surface area contributed by atoms with E-state index in [4.69, 9.17) is 11.6 Å². The molecule has 1 aromatic heterocycles. The van der Waals surface area contributed by atoms with Crippen LogP contribution in [0.4, 0.5) is 5.69 Å². The van der Waals surface area contributed by atoms with Gasteiger partial charge < -0.3 is 0 Å². The monoisotopic (exact) mass is 310 g/mol. The van der Waals surface area contributed by atoms with Gasteiger partial charge >= 0.3 is 0 Å². The summed E-state index contributed by atoms with van der Waals surface area (Å²) in [7, 11) is -3.60. The Kier molecular flexibility index (Phi) is 4.30. The van der Waals surface area contributed by atoms with Gasteiger partial charge in [-0.15, -0.1) is 0 Å². The van der Waals surface area contributed by atoms with Crippen LogP contribution in [-0.4, -0.2) is 13.4 Å². The van der Waals surface area contributed by atoms with E-state index in [9.17, 15) is 8.42 Å². The topological polar surface area (TPSA) is 59.1 Å². The van der Waals surface area contributed by atoms with Gasteiger partial charge in [0.15, 0.2) is 0 Å². The molecular formula is C14H15ClN2O2S. The molecule has 2 aromatic rings. The second kappa shape index (κ2) is 5.81. The number of aryl methyl sites for hydroxylation is 2. The zero-order chi connectivity index (χ0) is 14.8. The smallest absolute Gasteiger partial charge is 0.261 e. The second-order valence-electron chi connectivity index (χ2n) is 4.43. The van der Waals surface area contributed by atoms with Crippen LogP contribution in [0.3, 0.4) is 0 Å². The molecule has 1 aromatic carbocycles. The van der Waals surface area contributed by atoms with Crippen molar-refractivity contribution >= 4 is 27.3 Å². The zero-order valence-corrected chi connectivity index (χ0v) is 12.8. The van der Waals surface area contributed by atoms with Gasteiger partial charge in [0.25, 0.3) is 10.0 Å². The Balaban J connectivity index is 2.27. The Labute approximate surface area is 123 Å². The summed E-state index contributed by atoms with van der Waals surface area (Å²) in [6, 6.07) is 8.45. The number of anilines is 1. The van der Waals surface area contributed by atoms with Gasteiger partial charge in [0, 0.05) is 0 Å². The first-order chi connectivity index (χ1) is 9.42. The molecule has 1 N–H and O–H groups in total. The lowest BCUT2D eigenvalue weighted by Crippen LogP contribution is -2.13. The first-order valence-corrected chi connectivity index (χ1v) is 8.02. The summed E-state index contributed by atoms with van der Waals surface area (Å²) in [6.45, 7) is 3.78. The highest BCUT2D eigenvalue weighted by atomic mass is 35.5. The number of benzene rings is 1. The van der Waals surface area contributed by atoms with Crippen LogP contribution in [0.1, 0.15) is 18.1 Å². The second-order valence-corrected chi connectivity index (χ2v) is 6.48. The predicted molar refractivity (Wildman–Crippen MR) is 80.6 cm³/mol. The van der Waals surface area contributed by atoms with Gasteiger partial charge in [-0.05, 0) is 42.7 Å². The molecule has 20 heavy (non-hydrogen) atoms. The fraction of sp³-hybridized carbons (Fsp3) is 0.214. The molecule has 0 spiro atoms. The molecule has 106 valence electrons. The third kappa shape index (κ3) is 3.29. The van der Waals surface area contributed by atoms with Gasteiger partial charge in [-0.2, -0.15) is 0 Å². The van der Waals surface area contributed by atoms with Crippen molar-refractivity contribution < 1.29 is 8.42 Å². The molecule has 4 nitrogen and oxygen atoms in total. The van der Waals surface area contributed by atoms with E-state index in [1.807, 2.05) is 6.92 Å². The Morgan fingerprint density at radius 2 is 1.90 bits per heavy atom. The number of hydrogen-bond acceptors (Lipinski definition) is 3. The van der Waals surface area contributed by atoms with Crippen LogP contribution >= 0.6 is 11.6 Å². The lowest BCUT2D eigenvalue weighted by Gasteiger charge is -2.09. The molecular weight excluding hydrogens is 296 g/mol. The maximum absolute atomic E-state index is 12.2. The van der Waals surface area contributed by atoms with Crippen LogP contribution < -0.4 is 4.72 Å². The minimum atomic E-state index is -3.60. The maximum atomic E-state index is 12.2. The summed E-state index contributed by atoms with van der Waals surface area (Å²) < 4.78 is 26.9. The molecule has 0 saturated heterocycles. The number of nitrogens with zero attached hydrogens (tertiary/aromatic N) is 1. The lowest BCUT2D eigenvalue weighted by molar-refractivity contribution is 0.601. The standard InChI is InChI=1S/C14H15ClN2O2S/c1-3-11-4-6-13(7-5-11)20(18,19)17-12-8-10(2)14(15)16-9-12/h4-9,17H,3H2,1-2H3. The van der Waals surface area contributed by atoms with E-state index in [0.717, 1.165) is 12.0 Å². The van der Waals surface area contributed by atoms with Crippen LogP contribution in [0.5, 0.6) is 0 Å². The highest BCUT2D eigenvalue weighted by Gasteiger charge is 2.14. The molecule has 0 bridgehead atoms. The van der Waals surface area contributed by atoms with Crippen molar-refractivity contribution in [1.29, 1.82) is 0 Å². The fourth-order valence-electron chi connectivity index (χ4n) is 1.73. The summed E-state index contributed by atoms with van der Waals surface area (Å²) in [5.41, 5.74) is 2.20. The Morgan fingerprint density at radius 1 is 1.25 bits per heavy atom. The number of sulfonamides is 1. The van der Waals surface area contributed by atoms with Crippen molar-refractivity contribution in [2.75, 3.05) is 4.72 Å². The zero-order valence-electron chi connectivity index (χ0n) is 11.2. The van der Waals surface area contributed by atoms with Gasteiger partial charge in [-0.3, -0.25) is 4.72 Å². The third-order valence-electron chi connectivity index (χ3n) is 2.91. The van der Waals surface area contributed by atoms with Crippen molar-refractivity contribution in [2.45, 2.75) is 25.2 Å². The molecule has 0 atom stereocenters. The predicted octanol–water partition coefficient (Wildman–Crippen LogP) is 3.41. The molecule has 0 unspecified atom stereocenters. The van der Waals surface area contributed by atoms with Gasteiger partial charge in [0.2, 0.25) is 0 Å². The van der Waals surface area contributed by atoms with Crippen molar-refractivity contribution in [3.8, 4) is 0 Å². The minimum Gasteiger partial charge on any atom is -0.278 e. The van der Waals surface area contributed by atoms with Crippen LogP contribution in [0.25, 0.3) is 0 Å². The minimum absolute atomic E-state index is 0.224. The number of nitrogens with one attached hydrogen (secondary N) is 1. The molecule has 0 amide bonds. The van der Waals surface area contributed by atoms with Gasteiger partial charge in [-0.25, -0.2) is 13.4 Å². The van der Waals surface area contributed by atoms with E-state index >= 15 is 0 Å². The van der Waals surface area contributed by atoms with E-state index < -0.39 is 10.0 Å². The molecule has 0 aliphatic heterocycles.